The minimum atomic E-state index is 0.244. The fraction of sp³-hybridized carbons (Fsp3) is 0.938. The molecule has 0 saturated heterocycles. The highest BCUT2D eigenvalue weighted by Crippen LogP contribution is 2.18. The van der Waals surface area contributed by atoms with Gasteiger partial charge in [-0.05, 0) is 25.7 Å². The predicted molar refractivity (Wildman–Crippen MR) is 79.1 cm³/mol. The molecule has 0 atom stereocenters. The van der Waals surface area contributed by atoms with E-state index in [1.165, 1.54) is 70.6 Å². The lowest BCUT2D eigenvalue weighted by Crippen LogP contribution is -2.38. The smallest absolute Gasteiger partial charge is 0.221 e. The number of hydrogen-bond acceptors (Lipinski definition) is 2. The van der Waals surface area contributed by atoms with Crippen LogP contribution in [0, 0.1) is 0 Å². The third-order valence-corrected chi connectivity index (χ3v) is 4.61. The van der Waals surface area contributed by atoms with Crippen molar-refractivity contribution in [3.05, 3.63) is 0 Å². The molecule has 2 N–H and O–H groups in total. The Morgan fingerprint density at radius 1 is 0.789 bits per heavy atom. The van der Waals surface area contributed by atoms with Gasteiger partial charge in [-0.1, -0.05) is 44.9 Å². The van der Waals surface area contributed by atoms with Gasteiger partial charge in [0.2, 0.25) is 5.91 Å². The minimum absolute atomic E-state index is 0.244. The fourth-order valence-electron chi connectivity index (χ4n) is 3.42. The van der Waals surface area contributed by atoms with Crippen molar-refractivity contribution in [1.29, 1.82) is 0 Å². The van der Waals surface area contributed by atoms with Gasteiger partial charge in [0.15, 0.2) is 0 Å². The maximum Gasteiger partial charge on any atom is 0.221 e. The molecule has 2 aliphatic carbocycles. The molecule has 0 aromatic carbocycles. The van der Waals surface area contributed by atoms with Crippen molar-refractivity contribution in [3.8, 4) is 0 Å². The normalized spacial score (nSPS) is 22.9. The average Bonchev–Trinajstić information content (AvgIpc) is 2.68. The summed E-state index contributed by atoms with van der Waals surface area (Å²) in [5, 5.41) is 6.76. The molecule has 1 amide bonds. The number of carbonyl (C=O) groups excluding carboxylic acids is 1. The lowest BCUT2D eigenvalue weighted by Gasteiger charge is -2.23. The molecular weight excluding hydrogens is 236 g/mol. The van der Waals surface area contributed by atoms with E-state index in [4.69, 9.17) is 0 Å². The summed E-state index contributed by atoms with van der Waals surface area (Å²) in [5.74, 6) is 0.244. The van der Waals surface area contributed by atoms with Gasteiger partial charge in [-0.25, -0.2) is 0 Å². The van der Waals surface area contributed by atoms with Crippen LogP contribution in [0.15, 0.2) is 0 Å². The van der Waals surface area contributed by atoms with Gasteiger partial charge in [-0.15, -0.1) is 0 Å². The van der Waals surface area contributed by atoms with Gasteiger partial charge in [0.1, 0.15) is 0 Å². The zero-order valence-corrected chi connectivity index (χ0v) is 12.3. The van der Waals surface area contributed by atoms with Crippen LogP contribution in [0.4, 0.5) is 0 Å². The first-order valence-electron chi connectivity index (χ1n) is 8.37. The molecule has 2 aliphatic rings. The average molecular weight is 266 g/mol. The summed E-state index contributed by atoms with van der Waals surface area (Å²) < 4.78 is 0. The summed E-state index contributed by atoms with van der Waals surface area (Å²) in [6, 6.07) is 1.11. The number of amides is 1. The van der Waals surface area contributed by atoms with E-state index in [1.807, 2.05) is 0 Å². The van der Waals surface area contributed by atoms with Gasteiger partial charge in [-0.2, -0.15) is 0 Å². The number of carbonyl (C=O) groups is 1. The summed E-state index contributed by atoms with van der Waals surface area (Å²) in [5.41, 5.74) is 0. The maximum atomic E-state index is 11.9. The molecule has 0 spiro atoms. The van der Waals surface area contributed by atoms with Crippen LogP contribution in [0.5, 0.6) is 0 Å². The van der Waals surface area contributed by atoms with Crippen molar-refractivity contribution in [2.75, 3.05) is 6.54 Å². The van der Waals surface area contributed by atoms with E-state index in [2.05, 4.69) is 10.6 Å². The molecule has 0 radical (unpaired) electrons. The number of nitrogens with one attached hydrogen (secondary N) is 2. The highest BCUT2D eigenvalue weighted by atomic mass is 16.1. The van der Waals surface area contributed by atoms with E-state index < -0.39 is 0 Å². The second-order valence-electron chi connectivity index (χ2n) is 6.30. The van der Waals surface area contributed by atoms with Crippen LogP contribution in [0.3, 0.4) is 0 Å². The maximum absolute atomic E-state index is 11.9. The third-order valence-electron chi connectivity index (χ3n) is 4.61. The lowest BCUT2D eigenvalue weighted by atomic mass is 9.95. The van der Waals surface area contributed by atoms with Crippen LogP contribution < -0.4 is 10.6 Å². The number of rotatable bonds is 5. The summed E-state index contributed by atoms with van der Waals surface area (Å²) in [6.07, 6.45) is 15.0. The Kier molecular flexibility index (Phi) is 6.69. The van der Waals surface area contributed by atoms with Crippen molar-refractivity contribution in [3.63, 3.8) is 0 Å². The first kappa shape index (κ1) is 14.8. The van der Waals surface area contributed by atoms with E-state index in [-0.39, 0.29) is 5.91 Å². The Bertz CT molecular complexity index is 253. The number of hydrogen-bond donors (Lipinski definition) is 2. The highest BCUT2D eigenvalue weighted by Gasteiger charge is 2.16. The van der Waals surface area contributed by atoms with Crippen molar-refractivity contribution >= 4 is 5.91 Å². The van der Waals surface area contributed by atoms with Crippen LogP contribution >= 0.6 is 0 Å². The molecule has 2 saturated carbocycles. The van der Waals surface area contributed by atoms with Crippen LogP contribution in [0.25, 0.3) is 0 Å². The molecule has 0 bridgehead atoms. The molecule has 2 rings (SSSR count). The van der Waals surface area contributed by atoms with Gasteiger partial charge >= 0.3 is 0 Å². The molecule has 0 aromatic rings. The summed E-state index contributed by atoms with van der Waals surface area (Å²) in [4.78, 5) is 11.9. The first-order chi connectivity index (χ1) is 9.34. The Hall–Kier alpha value is -0.570. The summed E-state index contributed by atoms with van der Waals surface area (Å²) in [6.45, 7) is 0.850. The van der Waals surface area contributed by atoms with E-state index >= 15 is 0 Å². The molecular formula is C16H30N2O. The third kappa shape index (κ3) is 5.94. The van der Waals surface area contributed by atoms with Gasteiger partial charge < -0.3 is 10.6 Å². The molecule has 0 heterocycles. The molecule has 2 fully saturated rings. The lowest BCUT2D eigenvalue weighted by molar-refractivity contribution is -0.121. The summed E-state index contributed by atoms with van der Waals surface area (Å²) >= 11 is 0. The fourth-order valence-corrected chi connectivity index (χ4v) is 3.42. The van der Waals surface area contributed by atoms with Crippen molar-refractivity contribution in [1.82, 2.24) is 10.6 Å². The quantitative estimate of drug-likeness (QED) is 0.751. The van der Waals surface area contributed by atoms with Crippen LogP contribution in [0.1, 0.15) is 77.0 Å². The van der Waals surface area contributed by atoms with E-state index in [9.17, 15) is 4.79 Å². The molecule has 19 heavy (non-hydrogen) atoms. The van der Waals surface area contributed by atoms with E-state index in [0.29, 0.717) is 18.5 Å². The van der Waals surface area contributed by atoms with Crippen LogP contribution in [-0.4, -0.2) is 24.5 Å². The molecule has 0 aromatic heterocycles. The van der Waals surface area contributed by atoms with Crippen LogP contribution in [-0.2, 0) is 4.79 Å². The Balaban J connectivity index is 1.55. The minimum Gasteiger partial charge on any atom is -0.353 e. The highest BCUT2D eigenvalue weighted by molar-refractivity contribution is 5.76. The van der Waals surface area contributed by atoms with E-state index in [1.54, 1.807) is 0 Å². The molecule has 3 heteroatoms. The van der Waals surface area contributed by atoms with Gasteiger partial charge in [0, 0.05) is 25.0 Å². The second kappa shape index (κ2) is 8.57. The monoisotopic (exact) mass is 266 g/mol. The first-order valence-corrected chi connectivity index (χ1v) is 8.37. The van der Waals surface area contributed by atoms with Crippen LogP contribution in [0.2, 0.25) is 0 Å². The van der Waals surface area contributed by atoms with Crippen molar-refractivity contribution in [2.45, 2.75) is 89.1 Å². The predicted octanol–water partition coefficient (Wildman–Crippen LogP) is 3.14. The molecule has 110 valence electrons. The van der Waals surface area contributed by atoms with Gasteiger partial charge in [0.05, 0.1) is 0 Å². The largest absolute Gasteiger partial charge is 0.353 e. The van der Waals surface area contributed by atoms with Gasteiger partial charge in [0.25, 0.3) is 0 Å². The SMILES string of the molecule is O=C(CCNC1CCCCCC1)NC1CCCCC1. The van der Waals surface area contributed by atoms with Crippen molar-refractivity contribution < 1.29 is 4.79 Å². The topological polar surface area (TPSA) is 41.1 Å². The van der Waals surface area contributed by atoms with Crippen molar-refractivity contribution in [2.24, 2.45) is 0 Å². The molecule has 0 aliphatic heterocycles. The molecule has 0 unspecified atom stereocenters. The van der Waals surface area contributed by atoms with Gasteiger partial charge in [-0.3, -0.25) is 4.79 Å². The zero-order valence-electron chi connectivity index (χ0n) is 12.3. The Labute approximate surface area is 117 Å². The summed E-state index contributed by atoms with van der Waals surface area (Å²) in [7, 11) is 0. The Morgan fingerprint density at radius 3 is 1.95 bits per heavy atom. The zero-order chi connectivity index (χ0) is 13.3. The molecule has 3 nitrogen and oxygen atoms in total. The van der Waals surface area contributed by atoms with E-state index in [0.717, 1.165) is 6.54 Å². The standard InChI is InChI=1S/C16H30N2O/c19-16(18-15-10-6-3-7-11-15)12-13-17-14-8-4-1-2-5-9-14/h14-15,17H,1-13H2,(H,18,19). The second-order valence-corrected chi connectivity index (χ2v) is 6.30. The Morgan fingerprint density at radius 2 is 1.32 bits per heavy atom.